The van der Waals surface area contributed by atoms with E-state index in [0.717, 1.165) is 6.54 Å². The summed E-state index contributed by atoms with van der Waals surface area (Å²) in [6, 6.07) is 0.0885. The average molecular weight is 189 g/mol. The molecule has 0 aromatic heterocycles. The zero-order valence-electron chi connectivity index (χ0n) is 9.05. The van der Waals surface area contributed by atoms with Gasteiger partial charge in [-0.25, -0.2) is 0 Å². The number of rotatable bonds is 8. The third-order valence-electron chi connectivity index (χ3n) is 2.44. The number of ether oxygens (including phenoxy) is 1. The Morgan fingerprint density at radius 2 is 1.92 bits per heavy atom. The molecule has 0 aromatic rings. The van der Waals surface area contributed by atoms with Crippen LogP contribution in [-0.4, -0.2) is 38.0 Å². The molecule has 0 aromatic carbocycles. The SMILES string of the molecule is CCC(CC)CNC(CO)COC. The predicted molar refractivity (Wildman–Crippen MR) is 54.8 cm³/mol. The maximum atomic E-state index is 8.97. The first-order chi connectivity index (χ1) is 6.28. The maximum Gasteiger partial charge on any atom is 0.0638 e. The summed E-state index contributed by atoms with van der Waals surface area (Å²) < 4.78 is 4.97. The normalized spacial score (nSPS) is 13.6. The Morgan fingerprint density at radius 3 is 2.31 bits per heavy atom. The fourth-order valence-corrected chi connectivity index (χ4v) is 1.29. The van der Waals surface area contributed by atoms with Crippen LogP contribution in [0.15, 0.2) is 0 Å². The minimum absolute atomic E-state index is 0.0885. The van der Waals surface area contributed by atoms with Crippen LogP contribution in [0.2, 0.25) is 0 Å². The van der Waals surface area contributed by atoms with Crippen molar-refractivity contribution < 1.29 is 9.84 Å². The van der Waals surface area contributed by atoms with E-state index >= 15 is 0 Å². The highest BCUT2D eigenvalue weighted by molar-refractivity contribution is 4.67. The van der Waals surface area contributed by atoms with Gasteiger partial charge in [0.05, 0.1) is 19.3 Å². The molecular formula is C10H23NO2. The topological polar surface area (TPSA) is 41.5 Å². The van der Waals surface area contributed by atoms with E-state index in [2.05, 4.69) is 19.2 Å². The molecule has 1 unspecified atom stereocenters. The Bertz CT molecular complexity index is 105. The van der Waals surface area contributed by atoms with Crippen molar-refractivity contribution in [2.75, 3.05) is 26.9 Å². The fourth-order valence-electron chi connectivity index (χ4n) is 1.29. The molecule has 80 valence electrons. The molecule has 0 saturated heterocycles. The number of hydrogen-bond donors (Lipinski definition) is 2. The van der Waals surface area contributed by atoms with Gasteiger partial charge in [0, 0.05) is 7.11 Å². The molecule has 0 bridgehead atoms. The molecule has 0 aliphatic rings. The third kappa shape index (κ3) is 6.02. The molecule has 0 amide bonds. The Morgan fingerprint density at radius 1 is 1.31 bits per heavy atom. The summed E-state index contributed by atoms with van der Waals surface area (Å²) >= 11 is 0. The van der Waals surface area contributed by atoms with E-state index < -0.39 is 0 Å². The van der Waals surface area contributed by atoms with Crippen molar-refractivity contribution in [3.8, 4) is 0 Å². The third-order valence-corrected chi connectivity index (χ3v) is 2.44. The van der Waals surface area contributed by atoms with Crippen LogP contribution in [-0.2, 0) is 4.74 Å². The first kappa shape index (κ1) is 12.9. The quantitative estimate of drug-likeness (QED) is 0.599. The lowest BCUT2D eigenvalue weighted by atomic mass is 10.0. The van der Waals surface area contributed by atoms with Gasteiger partial charge < -0.3 is 15.2 Å². The van der Waals surface area contributed by atoms with Crippen LogP contribution >= 0.6 is 0 Å². The zero-order chi connectivity index (χ0) is 10.1. The van der Waals surface area contributed by atoms with Crippen molar-refractivity contribution in [3.63, 3.8) is 0 Å². The lowest BCUT2D eigenvalue weighted by Gasteiger charge is -2.19. The summed E-state index contributed by atoms with van der Waals surface area (Å²) in [5, 5.41) is 12.3. The summed E-state index contributed by atoms with van der Waals surface area (Å²) in [6.45, 7) is 6.09. The lowest BCUT2D eigenvalue weighted by Crippen LogP contribution is -2.39. The average Bonchev–Trinajstić information content (AvgIpc) is 2.17. The van der Waals surface area contributed by atoms with Gasteiger partial charge in [-0.3, -0.25) is 0 Å². The molecule has 2 N–H and O–H groups in total. The van der Waals surface area contributed by atoms with Crippen LogP contribution in [0.3, 0.4) is 0 Å². The molecule has 0 saturated carbocycles. The molecule has 0 aliphatic heterocycles. The van der Waals surface area contributed by atoms with Crippen molar-refractivity contribution >= 4 is 0 Å². The van der Waals surface area contributed by atoms with E-state index in [-0.39, 0.29) is 12.6 Å². The number of methoxy groups -OCH3 is 1. The molecule has 0 heterocycles. The Kier molecular flexibility index (Phi) is 8.40. The minimum Gasteiger partial charge on any atom is -0.395 e. The van der Waals surface area contributed by atoms with Gasteiger partial charge in [0.2, 0.25) is 0 Å². The minimum atomic E-state index is 0.0885. The molecule has 1 atom stereocenters. The molecule has 3 nitrogen and oxygen atoms in total. The molecule has 0 rings (SSSR count). The summed E-state index contributed by atoms with van der Waals surface area (Å²) in [7, 11) is 1.65. The number of aliphatic hydroxyl groups excluding tert-OH is 1. The van der Waals surface area contributed by atoms with E-state index in [1.54, 1.807) is 7.11 Å². The van der Waals surface area contributed by atoms with E-state index in [9.17, 15) is 0 Å². The molecule has 0 aliphatic carbocycles. The second kappa shape index (κ2) is 8.48. The molecule has 0 fully saturated rings. The van der Waals surface area contributed by atoms with Crippen molar-refractivity contribution in [2.24, 2.45) is 5.92 Å². The maximum absolute atomic E-state index is 8.97. The zero-order valence-corrected chi connectivity index (χ0v) is 9.05. The largest absolute Gasteiger partial charge is 0.395 e. The first-order valence-electron chi connectivity index (χ1n) is 5.11. The second-order valence-electron chi connectivity index (χ2n) is 3.43. The van der Waals surface area contributed by atoms with E-state index in [4.69, 9.17) is 9.84 Å². The molecule has 3 heteroatoms. The Labute approximate surface area is 81.5 Å². The fraction of sp³-hybridized carbons (Fsp3) is 1.00. The van der Waals surface area contributed by atoms with E-state index in [0.29, 0.717) is 12.5 Å². The van der Waals surface area contributed by atoms with Gasteiger partial charge >= 0.3 is 0 Å². The van der Waals surface area contributed by atoms with Crippen LogP contribution in [0, 0.1) is 5.92 Å². The van der Waals surface area contributed by atoms with Gasteiger partial charge in [-0.05, 0) is 12.5 Å². The first-order valence-corrected chi connectivity index (χ1v) is 5.11. The highest BCUT2D eigenvalue weighted by atomic mass is 16.5. The van der Waals surface area contributed by atoms with Crippen LogP contribution in [0.5, 0.6) is 0 Å². The van der Waals surface area contributed by atoms with Crippen molar-refractivity contribution in [1.29, 1.82) is 0 Å². The summed E-state index contributed by atoms with van der Waals surface area (Å²) in [5.41, 5.74) is 0. The summed E-state index contributed by atoms with van der Waals surface area (Å²) in [4.78, 5) is 0. The number of nitrogens with one attached hydrogen (secondary N) is 1. The predicted octanol–water partition coefficient (Wildman–Crippen LogP) is 1.02. The van der Waals surface area contributed by atoms with E-state index in [1.807, 2.05) is 0 Å². The van der Waals surface area contributed by atoms with E-state index in [1.165, 1.54) is 12.8 Å². The van der Waals surface area contributed by atoms with Crippen LogP contribution in [0.4, 0.5) is 0 Å². The Hall–Kier alpha value is -0.120. The Balaban J connectivity index is 3.56. The monoisotopic (exact) mass is 189 g/mol. The second-order valence-corrected chi connectivity index (χ2v) is 3.43. The van der Waals surface area contributed by atoms with Crippen LogP contribution in [0.25, 0.3) is 0 Å². The van der Waals surface area contributed by atoms with Crippen molar-refractivity contribution in [3.05, 3.63) is 0 Å². The highest BCUT2D eigenvalue weighted by Crippen LogP contribution is 2.05. The van der Waals surface area contributed by atoms with Gasteiger partial charge in [-0.2, -0.15) is 0 Å². The van der Waals surface area contributed by atoms with Crippen molar-refractivity contribution in [1.82, 2.24) is 5.32 Å². The molecule has 0 radical (unpaired) electrons. The van der Waals surface area contributed by atoms with Gasteiger partial charge in [0.15, 0.2) is 0 Å². The van der Waals surface area contributed by atoms with Crippen LogP contribution in [0.1, 0.15) is 26.7 Å². The highest BCUT2D eigenvalue weighted by Gasteiger charge is 2.08. The molecule has 13 heavy (non-hydrogen) atoms. The van der Waals surface area contributed by atoms with Gasteiger partial charge in [-0.1, -0.05) is 26.7 Å². The van der Waals surface area contributed by atoms with Gasteiger partial charge in [0.25, 0.3) is 0 Å². The summed E-state index contributed by atoms with van der Waals surface area (Å²) in [6.07, 6.45) is 2.38. The van der Waals surface area contributed by atoms with Crippen molar-refractivity contribution in [2.45, 2.75) is 32.7 Å². The van der Waals surface area contributed by atoms with Gasteiger partial charge in [-0.15, -0.1) is 0 Å². The molecule has 0 spiro atoms. The van der Waals surface area contributed by atoms with Gasteiger partial charge in [0.1, 0.15) is 0 Å². The number of aliphatic hydroxyl groups is 1. The smallest absolute Gasteiger partial charge is 0.0638 e. The summed E-state index contributed by atoms with van der Waals surface area (Å²) in [5.74, 6) is 0.714. The number of hydrogen-bond acceptors (Lipinski definition) is 3. The standard InChI is InChI=1S/C10H23NO2/c1-4-9(5-2)6-11-10(7-12)8-13-3/h9-12H,4-8H2,1-3H3. The lowest BCUT2D eigenvalue weighted by molar-refractivity contribution is 0.126. The van der Waals surface area contributed by atoms with Crippen LogP contribution < -0.4 is 5.32 Å². The molecular weight excluding hydrogens is 166 g/mol.